The molecule has 0 saturated heterocycles. The smallest absolute Gasteiger partial charge is 0.146 e. The van der Waals surface area contributed by atoms with E-state index in [1.807, 2.05) is 0 Å². The quantitative estimate of drug-likeness (QED) is 0.689. The number of hydrogen-bond acceptors (Lipinski definition) is 2. The molecule has 0 aromatic heterocycles. The number of hydrogen-bond donors (Lipinski definition) is 1. The van der Waals surface area contributed by atoms with Crippen molar-refractivity contribution in [2.24, 2.45) is 17.6 Å². The standard InChI is InChI=1S/C15H29NO/c1-12(15(16)13(2)17)8-6-7-11-14-9-4-3-5-10-14/h12,14-15H,3-11,16H2,1-2H3. The highest BCUT2D eigenvalue weighted by Crippen LogP contribution is 2.28. The molecule has 2 N–H and O–H groups in total. The van der Waals surface area contributed by atoms with Crippen LogP contribution >= 0.6 is 0 Å². The lowest BCUT2D eigenvalue weighted by Crippen LogP contribution is -2.35. The van der Waals surface area contributed by atoms with Gasteiger partial charge in [0.1, 0.15) is 5.78 Å². The molecule has 0 heterocycles. The van der Waals surface area contributed by atoms with Crippen molar-refractivity contribution in [1.29, 1.82) is 0 Å². The maximum absolute atomic E-state index is 11.1. The number of Topliss-reactive ketones (excluding diaryl/α,β-unsaturated/α-hetero) is 1. The summed E-state index contributed by atoms with van der Waals surface area (Å²) in [5.41, 5.74) is 5.84. The van der Waals surface area contributed by atoms with Crippen LogP contribution < -0.4 is 5.73 Å². The Morgan fingerprint density at radius 1 is 1.24 bits per heavy atom. The van der Waals surface area contributed by atoms with E-state index in [1.54, 1.807) is 6.92 Å². The van der Waals surface area contributed by atoms with Crippen LogP contribution in [0.15, 0.2) is 0 Å². The van der Waals surface area contributed by atoms with Crippen molar-refractivity contribution in [2.75, 3.05) is 0 Å². The highest BCUT2D eigenvalue weighted by Gasteiger charge is 2.17. The maximum atomic E-state index is 11.1. The van der Waals surface area contributed by atoms with Gasteiger partial charge in [0.05, 0.1) is 6.04 Å². The van der Waals surface area contributed by atoms with Crippen molar-refractivity contribution in [1.82, 2.24) is 0 Å². The number of unbranched alkanes of at least 4 members (excludes halogenated alkanes) is 1. The van der Waals surface area contributed by atoms with Crippen molar-refractivity contribution >= 4 is 5.78 Å². The molecule has 2 atom stereocenters. The van der Waals surface area contributed by atoms with Crippen LogP contribution in [-0.2, 0) is 4.79 Å². The first kappa shape index (κ1) is 14.7. The van der Waals surface area contributed by atoms with Crippen molar-refractivity contribution in [3.8, 4) is 0 Å². The summed E-state index contributed by atoms with van der Waals surface area (Å²) in [5.74, 6) is 1.46. The summed E-state index contributed by atoms with van der Waals surface area (Å²) in [6.07, 6.45) is 12.3. The lowest BCUT2D eigenvalue weighted by atomic mass is 9.85. The molecule has 0 bridgehead atoms. The Kier molecular flexibility index (Phi) is 6.79. The van der Waals surface area contributed by atoms with Crippen LogP contribution in [0.5, 0.6) is 0 Å². The van der Waals surface area contributed by atoms with Gasteiger partial charge in [0.25, 0.3) is 0 Å². The van der Waals surface area contributed by atoms with Gasteiger partial charge in [0.2, 0.25) is 0 Å². The van der Waals surface area contributed by atoms with Gasteiger partial charge in [0, 0.05) is 0 Å². The third-order valence-corrected chi connectivity index (χ3v) is 4.33. The molecule has 100 valence electrons. The summed E-state index contributed by atoms with van der Waals surface area (Å²) in [4.78, 5) is 11.1. The van der Waals surface area contributed by atoms with E-state index in [0.29, 0.717) is 5.92 Å². The summed E-state index contributed by atoms with van der Waals surface area (Å²) in [5, 5.41) is 0. The van der Waals surface area contributed by atoms with Gasteiger partial charge in [-0.25, -0.2) is 0 Å². The third kappa shape index (κ3) is 5.67. The van der Waals surface area contributed by atoms with Crippen LogP contribution in [0.1, 0.15) is 71.6 Å². The third-order valence-electron chi connectivity index (χ3n) is 4.33. The van der Waals surface area contributed by atoms with Crippen LogP contribution in [0.2, 0.25) is 0 Å². The molecule has 0 aromatic rings. The lowest BCUT2D eigenvalue weighted by molar-refractivity contribution is -0.119. The van der Waals surface area contributed by atoms with E-state index in [9.17, 15) is 4.79 Å². The minimum atomic E-state index is -0.246. The molecule has 17 heavy (non-hydrogen) atoms. The molecule has 1 aliphatic carbocycles. The molecule has 0 spiro atoms. The van der Waals surface area contributed by atoms with Crippen molar-refractivity contribution < 1.29 is 4.79 Å². The molecular formula is C15H29NO. The number of carbonyl (C=O) groups excluding carboxylic acids is 1. The van der Waals surface area contributed by atoms with Gasteiger partial charge < -0.3 is 5.73 Å². The zero-order valence-corrected chi connectivity index (χ0v) is 11.6. The first-order valence-electron chi connectivity index (χ1n) is 7.37. The van der Waals surface area contributed by atoms with E-state index in [2.05, 4.69) is 6.92 Å². The Labute approximate surface area is 106 Å². The Hall–Kier alpha value is -0.370. The Morgan fingerprint density at radius 2 is 1.88 bits per heavy atom. The summed E-state index contributed by atoms with van der Waals surface area (Å²) in [6.45, 7) is 3.70. The van der Waals surface area contributed by atoms with Gasteiger partial charge in [-0.2, -0.15) is 0 Å². The highest BCUT2D eigenvalue weighted by atomic mass is 16.1. The minimum absolute atomic E-state index is 0.129. The normalized spacial score (nSPS) is 21.1. The fourth-order valence-corrected chi connectivity index (χ4v) is 2.96. The van der Waals surface area contributed by atoms with E-state index < -0.39 is 0 Å². The predicted molar refractivity (Wildman–Crippen MR) is 72.9 cm³/mol. The van der Waals surface area contributed by atoms with E-state index in [-0.39, 0.29) is 11.8 Å². The van der Waals surface area contributed by atoms with E-state index >= 15 is 0 Å². The summed E-state index contributed by atoms with van der Waals surface area (Å²) in [6, 6.07) is -0.246. The molecular weight excluding hydrogens is 210 g/mol. The zero-order valence-electron chi connectivity index (χ0n) is 11.6. The second-order valence-electron chi connectivity index (χ2n) is 5.90. The van der Waals surface area contributed by atoms with Crippen LogP contribution in [0.3, 0.4) is 0 Å². The number of ketones is 1. The zero-order chi connectivity index (χ0) is 12.7. The largest absolute Gasteiger partial charge is 0.321 e. The molecule has 0 radical (unpaired) electrons. The molecule has 2 nitrogen and oxygen atoms in total. The molecule has 1 aliphatic rings. The predicted octanol–water partition coefficient (Wildman–Crippen LogP) is 3.68. The van der Waals surface area contributed by atoms with Gasteiger partial charge in [-0.15, -0.1) is 0 Å². The Balaban J connectivity index is 2.04. The van der Waals surface area contributed by atoms with Gasteiger partial charge in [-0.05, 0) is 25.2 Å². The second kappa shape index (κ2) is 7.86. The number of carbonyl (C=O) groups is 1. The van der Waals surface area contributed by atoms with Gasteiger partial charge >= 0.3 is 0 Å². The Morgan fingerprint density at radius 3 is 2.47 bits per heavy atom. The molecule has 2 unspecified atom stereocenters. The second-order valence-corrected chi connectivity index (χ2v) is 5.90. The molecule has 0 aromatic carbocycles. The van der Waals surface area contributed by atoms with Gasteiger partial charge in [-0.1, -0.05) is 58.3 Å². The first-order valence-corrected chi connectivity index (χ1v) is 7.37. The fraction of sp³-hybridized carbons (Fsp3) is 0.933. The summed E-state index contributed by atoms with van der Waals surface area (Å²) < 4.78 is 0. The minimum Gasteiger partial charge on any atom is -0.321 e. The highest BCUT2D eigenvalue weighted by molar-refractivity contribution is 5.81. The van der Waals surface area contributed by atoms with Crippen LogP contribution in [0, 0.1) is 11.8 Å². The molecule has 1 rings (SSSR count). The van der Waals surface area contributed by atoms with Crippen LogP contribution in [-0.4, -0.2) is 11.8 Å². The first-order chi connectivity index (χ1) is 8.11. The Bertz CT molecular complexity index is 221. The van der Waals surface area contributed by atoms with Crippen molar-refractivity contribution in [2.45, 2.75) is 77.7 Å². The number of nitrogens with two attached hydrogens (primary N) is 1. The van der Waals surface area contributed by atoms with E-state index in [0.717, 1.165) is 12.3 Å². The molecule has 1 saturated carbocycles. The van der Waals surface area contributed by atoms with Crippen LogP contribution in [0.25, 0.3) is 0 Å². The molecule has 2 heteroatoms. The molecule has 1 fully saturated rings. The maximum Gasteiger partial charge on any atom is 0.146 e. The summed E-state index contributed by atoms with van der Waals surface area (Å²) in [7, 11) is 0. The SMILES string of the molecule is CC(=O)C(N)C(C)CCCCC1CCCCC1. The van der Waals surface area contributed by atoms with E-state index in [4.69, 9.17) is 5.73 Å². The summed E-state index contributed by atoms with van der Waals surface area (Å²) >= 11 is 0. The average molecular weight is 239 g/mol. The van der Waals surface area contributed by atoms with Crippen LogP contribution in [0.4, 0.5) is 0 Å². The fourth-order valence-electron chi connectivity index (χ4n) is 2.96. The monoisotopic (exact) mass is 239 g/mol. The average Bonchev–Trinajstić information content (AvgIpc) is 2.34. The van der Waals surface area contributed by atoms with Gasteiger partial charge in [0.15, 0.2) is 0 Å². The lowest BCUT2D eigenvalue weighted by Gasteiger charge is -2.22. The van der Waals surface area contributed by atoms with E-state index in [1.165, 1.54) is 51.4 Å². The van der Waals surface area contributed by atoms with Crippen molar-refractivity contribution in [3.63, 3.8) is 0 Å². The number of rotatable bonds is 7. The topological polar surface area (TPSA) is 43.1 Å². The van der Waals surface area contributed by atoms with Gasteiger partial charge in [-0.3, -0.25) is 4.79 Å². The molecule has 0 amide bonds. The molecule has 0 aliphatic heterocycles. The van der Waals surface area contributed by atoms with Crippen molar-refractivity contribution in [3.05, 3.63) is 0 Å².